The smallest absolute Gasteiger partial charge is 0.338 e. The summed E-state index contributed by atoms with van der Waals surface area (Å²) in [6, 6.07) is 14.5. The van der Waals surface area contributed by atoms with Crippen LogP contribution >= 0.6 is 0 Å². The van der Waals surface area contributed by atoms with Crippen molar-refractivity contribution in [3.05, 3.63) is 71.6 Å². The molecule has 1 N–H and O–H groups in total. The largest absolute Gasteiger partial charge is 0.493 e. The fraction of sp³-hybridized carbons (Fsp3) is 0.227. The third-order valence-corrected chi connectivity index (χ3v) is 4.88. The number of hydrogen-bond acceptors (Lipinski definition) is 7. The molecule has 1 atom stereocenters. The van der Waals surface area contributed by atoms with E-state index in [1.165, 1.54) is 6.33 Å². The minimum absolute atomic E-state index is 0.247. The zero-order valence-corrected chi connectivity index (χ0v) is 17.0. The van der Waals surface area contributed by atoms with Gasteiger partial charge in [0.2, 0.25) is 5.95 Å². The fourth-order valence-corrected chi connectivity index (χ4v) is 3.64. The van der Waals surface area contributed by atoms with E-state index < -0.39 is 12.0 Å². The molecule has 30 heavy (non-hydrogen) atoms. The maximum atomic E-state index is 13.2. The van der Waals surface area contributed by atoms with Gasteiger partial charge in [0.15, 0.2) is 11.5 Å². The monoisotopic (exact) mass is 406 g/mol. The van der Waals surface area contributed by atoms with Gasteiger partial charge >= 0.3 is 5.97 Å². The number of nitrogens with one attached hydrogen (secondary N) is 1. The van der Waals surface area contributed by atoms with Crippen LogP contribution in [0.15, 0.2) is 60.4 Å². The zero-order chi connectivity index (χ0) is 21.1. The molecule has 0 radical (unpaired) electrons. The molecule has 1 aliphatic rings. The summed E-state index contributed by atoms with van der Waals surface area (Å²) in [5.41, 5.74) is 2.57. The van der Waals surface area contributed by atoms with Gasteiger partial charge in [0.05, 0.1) is 32.1 Å². The molecule has 0 bridgehead atoms. The van der Waals surface area contributed by atoms with Crippen LogP contribution in [-0.4, -0.2) is 41.6 Å². The summed E-state index contributed by atoms with van der Waals surface area (Å²) in [5.74, 6) is 1.14. The maximum Gasteiger partial charge on any atom is 0.338 e. The van der Waals surface area contributed by atoms with Gasteiger partial charge in [-0.2, -0.15) is 10.1 Å². The van der Waals surface area contributed by atoms with Crippen LogP contribution < -0.4 is 14.8 Å². The number of carbonyl (C=O) groups is 1. The lowest BCUT2D eigenvalue weighted by molar-refractivity contribution is -0.138. The topological polar surface area (TPSA) is 87.5 Å². The van der Waals surface area contributed by atoms with E-state index in [2.05, 4.69) is 15.4 Å². The average Bonchev–Trinajstić information content (AvgIpc) is 3.26. The lowest BCUT2D eigenvalue weighted by atomic mass is 9.92. The SMILES string of the molecule is CCOC(=O)C1=C(c2ccccc2)Nc2ncnn2[C@H]1c1cccc(OC)c1OC. The number of fused-ring (bicyclic) bond motifs is 1. The molecule has 8 heteroatoms. The number of methoxy groups -OCH3 is 2. The van der Waals surface area contributed by atoms with Crippen molar-refractivity contribution >= 4 is 17.6 Å². The first-order valence-electron chi connectivity index (χ1n) is 9.53. The number of nitrogens with zero attached hydrogens (tertiary/aromatic N) is 3. The Kier molecular flexibility index (Phi) is 5.38. The van der Waals surface area contributed by atoms with Crippen molar-refractivity contribution in [2.75, 3.05) is 26.1 Å². The zero-order valence-electron chi connectivity index (χ0n) is 17.0. The van der Waals surface area contributed by atoms with Gasteiger partial charge in [-0.3, -0.25) is 0 Å². The van der Waals surface area contributed by atoms with Gasteiger partial charge in [0, 0.05) is 5.56 Å². The van der Waals surface area contributed by atoms with E-state index in [0.717, 1.165) is 5.56 Å². The van der Waals surface area contributed by atoms with E-state index in [4.69, 9.17) is 14.2 Å². The number of benzene rings is 2. The predicted octanol–water partition coefficient (Wildman–Crippen LogP) is 3.28. The van der Waals surface area contributed by atoms with Crippen molar-refractivity contribution in [1.82, 2.24) is 14.8 Å². The second-order valence-electron chi connectivity index (χ2n) is 6.51. The number of hydrogen-bond donors (Lipinski definition) is 1. The van der Waals surface area contributed by atoms with Crippen LogP contribution in [0, 0.1) is 0 Å². The Labute approximate surface area is 174 Å². The molecule has 0 amide bonds. The Bertz CT molecular complexity index is 1090. The normalized spacial score (nSPS) is 15.2. The predicted molar refractivity (Wildman–Crippen MR) is 111 cm³/mol. The highest BCUT2D eigenvalue weighted by atomic mass is 16.5. The summed E-state index contributed by atoms with van der Waals surface area (Å²) >= 11 is 0. The van der Waals surface area contributed by atoms with Crippen LogP contribution in [0.5, 0.6) is 11.5 Å². The number of rotatable bonds is 6. The standard InChI is InChI=1S/C22H22N4O4/c1-4-30-21(27)17-18(14-9-6-5-7-10-14)25-22-23-13-24-26(22)19(17)15-11-8-12-16(28-2)20(15)29-3/h5-13,19H,4H2,1-3H3,(H,23,24,25)/t19-/m0/s1. The lowest BCUT2D eigenvalue weighted by Crippen LogP contribution is -2.30. The molecular formula is C22H22N4O4. The Hall–Kier alpha value is -3.81. The molecule has 0 aliphatic carbocycles. The first-order valence-corrected chi connectivity index (χ1v) is 9.53. The molecule has 3 aromatic rings. The Morgan fingerprint density at radius 3 is 2.60 bits per heavy atom. The molecule has 0 unspecified atom stereocenters. The first kappa shape index (κ1) is 19.5. The number of esters is 1. The number of carbonyl (C=O) groups excluding carboxylic acids is 1. The Morgan fingerprint density at radius 1 is 1.10 bits per heavy atom. The molecule has 8 nitrogen and oxygen atoms in total. The molecule has 1 aromatic heterocycles. The Morgan fingerprint density at radius 2 is 1.90 bits per heavy atom. The molecule has 0 spiro atoms. The lowest BCUT2D eigenvalue weighted by Gasteiger charge is -2.30. The van der Waals surface area contributed by atoms with Crippen molar-refractivity contribution in [2.24, 2.45) is 0 Å². The van der Waals surface area contributed by atoms with E-state index in [-0.39, 0.29) is 6.61 Å². The number of anilines is 1. The van der Waals surface area contributed by atoms with Crippen molar-refractivity contribution in [1.29, 1.82) is 0 Å². The van der Waals surface area contributed by atoms with Gasteiger partial charge in [-0.15, -0.1) is 0 Å². The molecule has 0 saturated carbocycles. The van der Waals surface area contributed by atoms with Gasteiger partial charge in [-0.05, 0) is 18.6 Å². The Balaban J connectivity index is 2.01. The summed E-state index contributed by atoms with van der Waals surface area (Å²) in [6.07, 6.45) is 1.44. The molecule has 4 rings (SSSR count). The first-order chi connectivity index (χ1) is 14.7. The summed E-state index contributed by atoms with van der Waals surface area (Å²) in [6.45, 7) is 2.02. The third-order valence-electron chi connectivity index (χ3n) is 4.88. The van der Waals surface area contributed by atoms with Crippen LogP contribution in [0.1, 0.15) is 24.1 Å². The van der Waals surface area contributed by atoms with Gasteiger partial charge in [0.25, 0.3) is 0 Å². The summed E-state index contributed by atoms with van der Waals surface area (Å²) in [5, 5.41) is 7.62. The van der Waals surface area contributed by atoms with Crippen molar-refractivity contribution in [3.8, 4) is 11.5 Å². The van der Waals surface area contributed by atoms with Gasteiger partial charge < -0.3 is 19.5 Å². The summed E-state index contributed by atoms with van der Waals surface area (Å²) in [4.78, 5) is 17.5. The van der Waals surface area contributed by atoms with E-state index in [1.807, 2.05) is 42.5 Å². The molecule has 2 aromatic carbocycles. The van der Waals surface area contributed by atoms with E-state index >= 15 is 0 Å². The summed E-state index contributed by atoms with van der Waals surface area (Å²) < 4.78 is 18.2. The van der Waals surface area contributed by atoms with Gasteiger partial charge in [-0.25, -0.2) is 9.48 Å². The molecule has 154 valence electrons. The van der Waals surface area contributed by atoms with Crippen LogP contribution in [0.3, 0.4) is 0 Å². The molecule has 2 heterocycles. The van der Waals surface area contributed by atoms with Crippen LogP contribution in [0.25, 0.3) is 5.70 Å². The highest BCUT2D eigenvalue weighted by molar-refractivity contribution is 6.02. The number of para-hydroxylation sites is 1. The van der Waals surface area contributed by atoms with Gasteiger partial charge in [0.1, 0.15) is 12.4 Å². The van der Waals surface area contributed by atoms with Crippen molar-refractivity contribution < 1.29 is 19.0 Å². The fourth-order valence-electron chi connectivity index (χ4n) is 3.64. The quantitative estimate of drug-likeness (QED) is 0.629. The molecule has 0 saturated heterocycles. The van der Waals surface area contributed by atoms with E-state index in [0.29, 0.717) is 34.3 Å². The van der Waals surface area contributed by atoms with Crippen LogP contribution in [-0.2, 0) is 9.53 Å². The maximum absolute atomic E-state index is 13.2. The molecular weight excluding hydrogens is 384 g/mol. The van der Waals surface area contributed by atoms with Crippen molar-refractivity contribution in [2.45, 2.75) is 13.0 Å². The summed E-state index contributed by atoms with van der Waals surface area (Å²) in [7, 11) is 3.14. The van der Waals surface area contributed by atoms with Crippen LogP contribution in [0.4, 0.5) is 5.95 Å². The van der Waals surface area contributed by atoms with Gasteiger partial charge in [-0.1, -0.05) is 42.5 Å². The second-order valence-corrected chi connectivity index (χ2v) is 6.51. The highest BCUT2D eigenvalue weighted by Crippen LogP contribution is 2.44. The minimum Gasteiger partial charge on any atom is -0.493 e. The highest BCUT2D eigenvalue weighted by Gasteiger charge is 2.38. The third kappa shape index (κ3) is 3.26. The van der Waals surface area contributed by atoms with Crippen LogP contribution in [0.2, 0.25) is 0 Å². The number of ether oxygens (including phenoxy) is 3. The molecule has 0 fully saturated rings. The van der Waals surface area contributed by atoms with Crippen molar-refractivity contribution in [3.63, 3.8) is 0 Å². The average molecular weight is 406 g/mol. The van der Waals surface area contributed by atoms with E-state index in [9.17, 15) is 4.79 Å². The molecule has 1 aliphatic heterocycles. The minimum atomic E-state index is -0.622. The number of aromatic nitrogens is 3. The van der Waals surface area contributed by atoms with E-state index in [1.54, 1.807) is 31.9 Å². The second kappa shape index (κ2) is 8.28.